The average molecular weight is 211 g/mol. The largest absolute Gasteiger partial charge is 0.299 e. The molecule has 0 radical (unpaired) electrons. The Morgan fingerprint density at radius 3 is 2.88 bits per heavy atom. The SMILES string of the molecule is CC(C)c1ccc2nc3cnccc3n2c1. The fourth-order valence-corrected chi connectivity index (χ4v) is 1.93. The first kappa shape index (κ1) is 9.33. The highest BCUT2D eigenvalue weighted by atomic mass is 15.0. The second-order valence-electron chi connectivity index (χ2n) is 4.32. The maximum Gasteiger partial charge on any atom is 0.137 e. The normalized spacial score (nSPS) is 11.7. The van der Waals surface area contributed by atoms with Crippen LogP contribution in [0.3, 0.4) is 0 Å². The minimum atomic E-state index is 0.531. The first-order valence-electron chi connectivity index (χ1n) is 5.47. The third kappa shape index (κ3) is 1.28. The number of fused-ring (bicyclic) bond motifs is 3. The fraction of sp³-hybridized carbons (Fsp3) is 0.231. The van der Waals surface area contributed by atoms with E-state index in [9.17, 15) is 0 Å². The van der Waals surface area contributed by atoms with Crippen molar-refractivity contribution in [2.75, 3.05) is 0 Å². The van der Waals surface area contributed by atoms with Crippen molar-refractivity contribution in [2.45, 2.75) is 19.8 Å². The van der Waals surface area contributed by atoms with Gasteiger partial charge in [-0.25, -0.2) is 4.98 Å². The molecule has 0 aliphatic rings. The maximum atomic E-state index is 4.52. The van der Waals surface area contributed by atoms with Crippen molar-refractivity contribution in [1.82, 2.24) is 14.4 Å². The molecule has 0 aliphatic heterocycles. The Balaban J connectivity index is 2.40. The number of nitrogens with zero attached hydrogens (tertiary/aromatic N) is 3. The molecular weight excluding hydrogens is 198 g/mol. The molecule has 0 unspecified atom stereocenters. The van der Waals surface area contributed by atoms with Crippen LogP contribution in [0.15, 0.2) is 36.8 Å². The van der Waals surface area contributed by atoms with Crippen LogP contribution < -0.4 is 0 Å². The molecule has 0 saturated carbocycles. The van der Waals surface area contributed by atoms with Gasteiger partial charge in [0.1, 0.15) is 11.2 Å². The molecule has 3 heterocycles. The minimum absolute atomic E-state index is 0.531. The Hall–Kier alpha value is -1.90. The van der Waals surface area contributed by atoms with Crippen molar-refractivity contribution in [3.8, 4) is 0 Å². The van der Waals surface area contributed by atoms with Crippen LogP contribution in [-0.4, -0.2) is 14.4 Å². The van der Waals surface area contributed by atoms with Crippen molar-refractivity contribution >= 4 is 16.7 Å². The lowest BCUT2D eigenvalue weighted by Crippen LogP contribution is -1.92. The van der Waals surface area contributed by atoms with Gasteiger partial charge in [-0.1, -0.05) is 19.9 Å². The van der Waals surface area contributed by atoms with Gasteiger partial charge in [-0.2, -0.15) is 0 Å². The second kappa shape index (κ2) is 3.30. The number of hydrogen-bond acceptors (Lipinski definition) is 2. The first-order chi connectivity index (χ1) is 7.75. The molecule has 0 aromatic carbocycles. The lowest BCUT2D eigenvalue weighted by molar-refractivity contribution is 0.855. The van der Waals surface area contributed by atoms with Crippen LogP contribution in [0.2, 0.25) is 0 Å². The average Bonchev–Trinajstić information content (AvgIpc) is 2.66. The molecule has 0 saturated heterocycles. The Morgan fingerprint density at radius 1 is 1.19 bits per heavy atom. The highest BCUT2D eigenvalue weighted by Gasteiger charge is 2.05. The highest BCUT2D eigenvalue weighted by molar-refractivity contribution is 5.79. The molecule has 3 nitrogen and oxygen atoms in total. The van der Waals surface area contributed by atoms with Crippen molar-refractivity contribution in [3.05, 3.63) is 42.4 Å². The summed E-state index contributed by atoms with van der Waals surface area (Å²) >= 11 is 0. The Bertz CT molecular complexity index is 652. The van der Waals surface area contributed by atoms with Gasteiger partial charge < -0.3 is 0 Å². The van der Waals surface area contributed by atoms with E-state index in [0.29, 0.717) is 5.92 Å². The summed E-state index contributed by atoms with van der Waals surface area (Å²) in [7, 11) is 0. The van der Waals surface area contributed by atoms with Crippen LogP contribution in [0.5, 0.6) is 0 Å². The third-order valence-corrected chi connectivity index (χ3v) is 2.89. The summed E-state index contributed by atoms with van der Waals surface area (Å²) in [5.74, 6) is 0.531. The molecule has 0 N–H and O–H groups in total. The summed E-state index contributed by atoms with van der Waals surface area (Å²) in [6, 6.07) is 6.20. The van der Waals surface area contributed by atoms with E-state index < -0.39 is 0 Å². The molecule has 0 atom stereocenters. The molecule has 0 fully saturated rings. The molecule has 0 bridgehead atoms. The molecule has 3 heteroatoms. The molecule has 16 heavy (non-hydrogen) atoms. The predicted octanol–water partition coefficient (Wildman–Crippen LogP) is 3.01. The number of hydrogen-bond donors (Lipinski definition) is 0. The predicted molar refractivity (Wildman–Crippen MR) is 64.6 cm³/mol. The zero-order valence-corrected chi connectivity index (χ0v) is 9.38. The van der Waals surface area contributed by atoms with E-state index in [0.717, 1.165) is 16.7 Å². The van der Waals surface area contributed by atoms with Gasteiger partial charge in [0.25, 0.3) is 0 Å². The van der Waals surface area contributed by atoms with Crippen LogP contribution in [0, 0.1) is 0 Å². The summed E-state index contributed by atoms with van der Waals surface area (Å²) in [5, 5.41) is 0. The van der Waals surface area contributed by atoms with E-state index in [1.54, 1.807) is 12.4 Å². The second-order valence-corrected chi connectivity index (χ2v) is 4.32. The zero-order valence-electron chi connectivity index (χ0n) is 9.38. The van der Waals surface area contributed by atoms with Gasteiger partial charge in [-0.15, -0.1) is 0 Å². The fourth-order valence-electron chi connectivity index (χ4n) is 1.93. The van der Waals surface area contributed by atoms with Crippen LogP contribution in [0.1, 0.15) is 25.3 Å². The number of imidazole rings is 1. The summed E-state index contributed by atoms with van der Waals surface area (Å²) in [6.45, 7) is 4.39. The number of rotatable bonds is 1. The molecule has 3 aromatic heterocycles. The molecule has 0 amide bonds. The van der Waals surface area contributed by atoms with Gasteiger partial charge in [0.05, 0.1) is 11.7 Å². The molecule has 3 aromatic rings. The van der Waals surface area contributed by atoms with Gasteiger partial charge >= 0.3 is 0 Å². The summed E-state index contributed by atoms with van der Waals surface area (Å²) in [4.78, 5) is 8.61. The topological polar surface area (TPSA) is 30.2 Å². The standard InChI is InChI=1S/C13H13N3/c1-9(2)10-3-4-13-15-11-7-14-6-5-12(11)16(13)8-10/h3-9H,1-2H3. The van der Waals surface area contributed by atoms with Crippen molar-refractivity contribution in [1.29, 1.82) is 0 Å². The van der Waals surface area contributed by atoms with Gasteiger partial charge in [0.2, 0.25) is 0 Å². The third-order valence-electron chi connectivity index (χ3n) is 2.89. The van der Waals surface area contributed by atoms with Crippen LogP contribution in [-0.2, 0) is 0 Å². The highest BCUT2D eigenvalue weighted by Crippen LogP contribution is 2.19. The van der Waals surface area contributed by atoms with Crippen molar-refractivity contribution in [3.63, 3.8) is 0 Å². The van der Waals surface area contributed by atoms with Crippen LogP contribution in [0.4, 0.5) is 0 Å². The van der Waals surface area contributed by atoms with E-state index in [1.165, 1.54) is 5.56 Å². The van der Waals surface area contributed by atoms with Crippen molar-refractivity contribution < 1.29 is 0 Å². The van der Waals surface area contributed by atoms with E-state index in [-0.39, 0.29) is 0 Å². The van der Waals surface area contributed by atoms with Gasteiger partial charge in [-0.05, 0) is 23.6 Å². The van der Waals surface area contributed by atoms with E-state index >= 15 is 0 Å². The van der Waals surface area contributed by atoms with Gasteiger partial charge in [0, 0.05) is 12.4 Å². The molecular formula is C13H13N3. The van der Waals surface area contributed by atoms with Gasteiger partial charge in [-0.3, -0.25) is 9.38 Å². The quantitative estimate of drug-likeness (QED) is 0.619. The lowest BCUT2D eigenvalue weighted by Gasteiger charge is -2.05. The Labute approximate surface area is 93.8 Å². The van der Waals surface area contributed by atoms with E-state index in [2.05, 4.69) is 46.5 Å². The molecule has 0 aliphatic carbocycles. The molecule has 0 spiro atoms. The summed E-state index contributed by atoms with van der Waals surface area (Å²) in [5.41, 5.74) is 4.37. The van der Waals surface area contributed by atoms with Gasteiger partial charge in [0.15, 0.2) is 0 Å². The Kier molecular flexibility index (Phi) is 1.93. The molecule has 80 valence electrons. The number of pyridine rings is 2. The first-order valence-corrected chi connectivity index (χ1v) is 5.47. The lowest BCUT2D eigenvalue weighted by atomic mass is 10.1. The van der Waals surface area contributed by atoms with Crippen LogP contribution in [0.25, 0.3) is 16.7 Å². The van der Waals surface area contributed by atoms with E-state index in [1.807, 2.05) is 6.07 Å². The number of aromatic nitrogens is 3. The monoisotopic (exact) mass is 211 g/mol. The smallest absolute Gasteiger partial charge is 0.137 e. The summed E-state index contributed by atoms with van der Waals surface area (Å²) < 4.78 is 2.13. The maximum absolute atomic E-state index is 4.52. The van der Waals surface area contributed by atoms with Crippen LogP contribution >= 0.6 is 0 Å². The summed E-state index contributed by atoms with van der Waals surface area (Å²) in [6.07, 6.45) is 5.77. The minimum Gasteiger partial charge on any atom is -0.299 e. The molecule has 3 rings (SSSR count). The van der Waals surface area contributed by atoms with E-state index in [4.69, 9.17) is 0 Å². The Morgan fingerprint density at radius 2 is 2.06 bits per heavy atom. The van der Waals surface area contributed by atoms with Crippen molar-refractivity contribution in [2.24, 2.45) is 0 Å². The zero-order chi connectivity index (χ0) is 11.1.